The number of thioether (sulfide) groups is 1. The Morgan fingerprint density at radius 3 is 2.95 bits per heavy atom. The molecule has 2 aromatic heterocycles. The lowest BCUT2D eigenvalue weighted by molar-refractivity contribution is -0.116. The van der Waals surface area contributed by atoms with Crippen molar-refractivity contribution < 1.29 is 14.3 Å². The minimum absolute atomic E-state index is 0.0254. The first kappa shape index (κ1) is 26.7. The first-order valence-corrected chi connectivity index (χ1v) is 14.0. The van der Waals surface area contributed by atoms with Gasteiger partial charge in [-0.15, -0.1) is 10.2 Å². The molecule has 10 nitrogen and oxygen atoms in total. The number of carbonyl (C=O) groups excluding carboxylic acids is 2. The molecule has 0 saturated carbocycles. The monoisotopic (exact) mass is 579 g/mol. The third-order valence-corrected chi connectivity index (χ3v) is 8.56. The highest BCUT2D eigenvalue weighted by atomic mass is 35.5. The Kier molecular flexibility index (Phi) is 7.83. The molecule has 1 aromatic carbocycles. The molecule has 5 rings (SSSR count). The number of nitriles is 1. The number of hydrogen-bond donors (Lipinski definition) is 2. The van der Waals surface area contributed by atoms with Gasteiger partial charge in [0.1, 0.15) is 11.6 Å². The summed E-state index contributed by atoms with van der Waals surface area (Å²) in [5.41, 5.74) is 9.28. The van der Waals surface area contributed by atoms with Crippen LogP contribution >= 0.6 is 34.7 Å². The normalized spacial score (nSPS) is 17.1. The van der Waals surface area contributed by atoms with Gasteiger partial charge in [-0.2, -0.15) is 5.26 Å². The van der Waals surface area contributed by atoms with Crippen LogP contribution in [0.1, 0.15) is 30.7 Å². The van der Waals surface area contributed by atoms with E-state index in [9.17, 15) is 14.9 Å². The molecule has 3 heterocycles. The number of pyridine rings is 1. The molecule has 0 saturated heterocycles. The second kappa shape index (κ2) is 11.4. The van der Waals surface area contributed by atoms with Gasteiger partial charge in [-0.25, -0.2) is 0 Å². The van der Waals surface area contributed by atoms with Gasteiger partial charge in [0.05, 0.1) is 36.1 Å². The van der Waals surface area contributed by atoms with E-state index in [-0.39, 0.29) is 28.8 Å². The second-order valence-corrected chi connectivity index (χ2v) is 11.2. The molecule has 1 atom stereocenters. The van der Waals surface area contributed by atoms with E-state index < -0.39 is 5.92 Å². The number of rotatable bonds is 7. The van der Waals surface area contributed by atoms with Crippen LogP contribution in [0.5, 0.6) is 5.75 Å². The van der Waals surface area contributed by atoms with E-state index in [0.717, 1.165) is 11.3 Å². The predicted octanol–water partition coefficient (Wildman–Crippen LogP) is 4.63. The van der Waals surface area contributed by atoms with E-state index in [1.54, 1.807) is 41.6 Å². The summed E-state index contributed by atoms with van der Waals surface area (Å²) in [6.07, 6.45) is 4.95. The molecule has 1 aliphatic heterocycles. The van der Waals surface area contributed by atoms with E-state index in [2.05, 4.69) is 26.6 Å². The Balaban J connectivity index is 1.40. The Labute approximate surface area is 237 Å². The van der Waals surface area contributed by atoms with Gasteiger partial charge in [0.2, 0.25) is 11.0 Å². The van der Waals surface area contributed by atoms with Gasteiger partial charge < -0.3 is 15.8 Å². The highest BCUT2D eigenvalue weighted by Crippen LogP contribution is 2.47. The number of ether oxygens (including phenoxy) is 1. The Morgan fingerprint density at radius 2 is 2.21 bits per heavy atom. The lowest BCUT2D eigenvalue weighted by Crippen LogP contribution is -2.38. The fraction of sp³-hybridized carbons (Fsp3) is 0.231. The van der Waals surface area contributed by atoms with Crippen molar-refractivity contribution in [2.24, 2.45) is 5.73 Å². The first-order valence-electron chi connectivity index (χ1n) is 11.9. The van der Waals surface area contributed by atoms with Crippen LogP contribution in [0.25, 0.3) is 0 Å². The maximum Gasteiger partial charge on any atom is 0.234 e. The smallest absolute Gasteiger partial charge is 0.234 e. The van der Waals surface area contributed by atoms with Gasteiger partial charge in [-0.1, -0.05) is 40.8 Å². The van der Waals surface area contributed by atoms with Crippen LogP contribution in [-0.4, -0.2) is 39.7 Å². The summed E-state index contributed by atoms with van der Waals surface area (Å²) in [7, 11) is 1.51. The molecule has 198 valence electrons. The van der Waals surface area contributed by atoms with Crippen molar-refractivity contribution in [2.45, 2.75) is 29.5 Å². The highest BCUT2D eigenvalue weighted by Gasteiger charge is 2.41. The summed E-state index contributed by atoms with van der Waals surface area (Å²) < 4.78 is 5.80. The number of amides is 1. The minimum atomic E-state index is -0.586. The fourth-order valence-corrected chi connectivity index (χ4v) is 6.48. The number of nitrogens with two attached hydrogens (primary N) is 1. The zero-order chi connectivity index (χ0) is 27.5. The Morgan fingerprint density at radius 1 is 1.36 bits per heavy atom. The van der Waals surface area contributed by atoms with Crippen LogP contribution in [-0.2, 0) is 9.59 Å². The predicted molar refractivity (Wildman–Crippen MR) is 149 cm³/mol. The summed E-state index contributed by atoms with van der Waals surface area (Å²) in [5, 5.41) is 22.3. The molecule has 1 amide bonds. The second-order valence-electron chi connectivity index (χ2n) is 8.63. The number of nitrogens with one attached hydrogen (secondary N) is 1. The van der Waals surface area contributed by atoms with Gasteiger partial charge in [0.25, 0.3) is 0 Å². The molecular weight excluding hydrogens is 558 g/mol. The topological polar surface area (TPSA) is 147 Å². The maximum atomic E-state index is 13.2. The highest BCUT2D eigenvalue weighted by molar-refractivity contribution is 8.01. The zero-order valence-corrected chi connectivity index (χ0v) is 23.1. The van der Waals surface area contributed by atoms with Gasteiger partial charge in [0, 0.05) is 35.1 Å². The van der Waals surface area contributed by atoms with Crippen molar-refractivity contribution >= 4 is 57.2 Å². The van der Waals surface area contributed by atoms with E-state index in [1.165, 1.54) is 30.2 Å². The van der Waals surface area contributed by atoms with Crippen molar-refractivity contribution in [3.63, 3.8) is 0 Å². The molecule has 0 fully saturated rings. The Bertz CT molecular complexity index is 1550. The third kappa shape index (κ3) is 5.34. The number of halogens is 1. The lowest BCUT2D eigenvalue weighted by Gasteiger charge is -2.37. The average Bonchev–Trinajstić information content (AvgIpc) is 3.40. The summed E-state index contributed by atoms with van der Waals surface area (Å²) in [5.74, 6) is -0.122. The molecule has 3 N–H and O–H groups in total. The summed E-state index contributed by atoms with van der Waals surface area (Å²) in [6, 6.07) is 10.8. The van der Waals surface area contributed by atoms with E-state index in [4.69, 9.17) is 22.1 Å². The fourth-order valence-electron chi connectivity index (χ4n) is 4.63. The van der Waals surface area contributed by atoms with Crippen LogP contribution in [0.15, 0.2) is 69.7 Å². The maximum absolute atomic E-state index is 13.2. The number of benzene rings is 1. The number of anilines is 2. The van der Waals surface area contributed by atoms with Crippen molar-refractivity contribution in [1.82, 2.24) is 15.2 Å². The standard InChI is InChI=1S/C26H22ClN7O3S2/c1-37-20-8-7-15(27)10-17(20)31-21(36)13-38-26-33-32-25(39-26)34-18-5-2-6-19(35)23(18)22(16(11-28)24(34)29)14-4-3-9-30-12-14/h3-4,7-10,12,22H,2,5-6,13,29H2,1H3,(H,31,36). The average molecular weight is 580 g/mol. The van der Waals surface area contributed by atoms with Crippen LogP contribution in [0, 0.1) is 11.3 Å². The van der Waals surface area contributed by atoms with Gasteiger partial charge >= 0.3 is 0 Å². The van der Waals surface area contributed by atoms with Crippen LogP contribution in [0.4, 0.5) is 10.8 Å². The first-order chi connectivity index (χ1) is 18.9. The van der Waals surface area contributed by atoms with Crippen molar-refractivity contribution in [2.75, 3.05) is 23.1 Å². The molecule has 2 aliphatic rings. The SMILES string of the molecule is COc1ccc(Cl)cc1NC(=O)CSc1nnc(N2C(N)=C(C#N)C(c3cccnc3)C3=C2CCCC3=O)s1. The number of aromatic nitrogens is 3. The lowest BCUT2D eigenvalue weighted by atomic mass is 9.76. The number of Topliss-reactive ketones (excluding diaryl/α,β-unsaturated/α-hetero) is 1. The van der Waals surface area contributed by atoms with E-state index in [0.29, 0.717) is 50.8 Å². The van der Waals surface area contributed by atoms with Crippen molar-refractivity contribution in [3.8, 4) is 11.8 Å². The molecule has 0 spiro atoms. The van der Waals surface area contributed by atoms with Gasteiger partial charge in [-0.05, 0) is 42.7 Å². The number of methoxy groups -OCH3 is 1. The molecular formula is C26H22ClN7O3S2. The molecule has 0 radical (unpaired) electrons. The van der Waals surface area contributed by atoms with E-state index >= 15 is 0 Å². The summed E-state index contributed by atoms with van der Waals surface area (Å²) >= 11 is 8.48. The molecule has 1 unspecified atom stereocenters. The molecule has 0 bridgehead atoms. The summed E-state index contributed by atoms with van der Waals surface area (Å²) in [4.78, 5) is 31.6. The Hall–Kier alpha value is -3.92. The van der Waals surface area contributed by atoms with Crippen LogP contribution in [0.3, 0.4) is 0 Å². The minimum Gasteiger partial charge on any atom is -0.495 e. The number of hydrogen-bond acceptors (Lipinski definition) is 11. The molecule has 3 aromatic rings. The van der Waals surface area contributed by atoms with Crippen molar-refractivity contribution in [1.29, 1.82) is 5.26 Å². The molecule has 39 heavy (non-hydrogen) atoms. The third-order valence-electron chi connectivity index (χ3n) is 6.28. The molecule has 13 heteroatoms. The number of ketones is 1. The summed E-state index contributed by atoms with van der Waals surface area (Å²) in [6.45, 7) is 0. The number of nitrogens with zero attached hydrogens (tertiary/aromatic N) is 5. The number of allylic oxidation sites excluding steroid dienone is 3. The van der Waals surface area contributed by atoms with Gasteiger partial charge in [0.15, 0.2) is 10.1 Å². The molecule has 1 aliphatic carbocycles. The largest absolute Gasteiger partial charge is 0.495 e. The van der Waals surface area contributed by atoms with E-state index in [1.807, 2.05) is 6.07 Å². The van der Waals surface area contributed by atoms with Gasteiger partial charge in [-0.3, -0.25) is 19.5 Å². The zero-order valence-electron chi connectivity index (χ0n) is 20.7. The van der Waals surface area contributed by atoms with Crippen molar-refractivity contribution in [3.05, 3.63) is 76.0 Å². The van der Waals surface area contributed by atoms with Crippen LogP contribution in [0.2, 0.25) is 5.02 Å². The quantitative estimate of drug-likeness (QED) is 0.379. The number of carbonyl (C=O) groups is 2. The van der Waals surface area contributed by atoms with Crippen LogP contribution < -0.4 is 20.7 Å².